The molecule has 3 N–H and O–H groups in total. The van der Waals surface area contributed by atoms with E-state index in [1.54, 1.807) is 0 Å². The van der Waals surface area contributed by atoms with Crippen molar-refractivity contribution in [3.8, 4) is 0 Å². The maximum absolute atomic E-state index is 5.89. The highest BCUT2D eigenvalue weighted by Crippen LogP contribution is 2.12. The molecule has 1 unspecified atom stereocenters. The van der Waals surface area contributed by atoms with Gasteiger partial charge in [0, 0.05) is 31.4 Å². The number of aryl methyl sites for hydroxylation is 1. The maximum Gasteiger partial charge on any atom is 0.193 e. The predicted molar refractivity (Wildman–Crippen MR) is 90.3 cm³/mol. The van der Waals surface area contributed by atoms with E-state index in [-0.39, 0.29) is 0 Å². The number of guanidine groups is 1. The molecule has 1 heterocycles. The SMILES string of the molecule is CCc1cccc(NC(N)=NCCCOCC2CCOC2)c1. The van der Waals surface area contributed by atoms with E-state index in [0.717, 1.165) is 51.4 Å². The molecule has 1 aliphatic heterocycles. The first-order valence-electron chi connectivity index (χ1n) is 8.09. The average molecular weight is 305 g/mol. The van der Waals surface area contributed by atoms with Gasteiger partial charge in [-0.3, -0.25) is 4.99 Å². The van der Waals surface area contributed by atoms with Crippen molar-refractivity contribution in [2.24, 2.45) is 16.6 Å². The summed E-state index contributed by atoms with van der Waals surface area (Å²) < 4.78 is 11.0. The van der Waals surface area contributed by atoms with Gasteiger partial charge in [-0.25, -0.2) is 0 Å². The van der Waals surface area contributed by atoms with Crippen LogP contribution in [0, 0.1) is 5.92 Å². The van der Waals surface area contributed by atoms with Crippen LogP contribution in [0.4, 0.5) is 5.69 Å². The molecule has 1 fully saturated rings. The molecule has 0 amide bonds. The van der Waals surface area contributed by atoms with Crippen molar-refractivity contribution in [1.82, 2.24) is 0 Å². The van der Waals surface area contributed by atoms with Gasteiger partial charge in [-0.05, 0) is 37.0 Å². The second-order valence-corrected chi connectivity index (χ2v) is 5.60. The second kappa shape index (κ2) is 9.43. The van der Waals surface area contributed by atoms with Gasteiger partial charge in [0.15, 0.2) is 5.96 Å². The Bertz CT molecular complexity index is 471. The van der Waals surface area contributed by atoms with E-state index in [0.29, 0.717) is 18.4 Å². The third kappa shape index (κ3) is 6.03. The second-order valence-electron chi connectivity index (χ2n) is 5.60. The first-order valence-corrected chi connectivity index (χ1v) is 8.09. The van der Waals surface area contributed by atoms with Crippen LogP contribution in [0.5, 0.6) is 0 Å². The Morgan fingerprint density at radius 3 is 3.18 bits per heavy atom. The van der Waals surface area contributed by atoms with Crippen molar-refractivity contribution in [3.05, 3.63) is 29.8 Å². The summed E-state index contributed by atoms with van der Waals surface area (Å²) in [6.45, 7) is 6.03. The summed E-state index contributed by atoms with van der Waals surface area (Å²) in [6.07, 6.45) is 3.01. The highest BCUT2D eigenvalue weighted by atomic mass is 16.5. The zero-order valence-electron chi connectivity index (χ0n) is 13.4. The molecule has 1 saturated heterocycles. The van der Waals surface area contributed by atoms with Crippen LogP contribution in [-0.2, 0) is 15.9 Å². The van der Waals surface area contributed by atoms with Crippen molar-refractivity contribution in [2.45, 2.75) is 26.2 Å². The van der Waals surface area contributed by atoms with E-state index in [1.165, 1.54) is 5.56 Å². The summed E-state index contributed by atoms with van der Waals surface area (Å²) in [5.74, 6) is 1.03. The van der Waals surface area contributed by atoms with Crippen LogP contribution in [0.1, 0.15) is 25.3 Å². The number of rotatable bonds is 8. The maximum atomic E-state index is 5.89. The number of ether oxygens (including phenoxy) is 2. The van der Waals surface area contributed by atoms with Gasteiger partial charge >= 0.3 is 0 Å². The third-order valence-electron chi connectivity index (χ3n) is 3.71. The van der Waals surface area contributed by atoms with Crippen molar-refractivity contribution in [2.75, 3.05) is 38.3 Å². The number of hydrogen-bond acceptors (Lipinski definition) is 3. The number of nitrogens with one attached hydrogen (secondary N) is 1. The Hall–Kier alpha value is -1.59. The van der Waals surface area contributed by atoms with Crippen LogP contribution in [0.2, 0.25) is 0 Å². The lowest BCUT2D eigenvalue weighted by Gasteiger charge is -2.08. The fourth-order valence-electron chi connectivity index (χ4n) is 2.39. The van der Waals surface area contributed by atoms with E-state index < -0.39 is 0 Å². The van der Waals surface area contributed by atoms with Crippen molar-refractivity contribution >= 4 is 11.6 Å². The van der Waals surface area contributed by atoms with Gasteiger partial charge in [0.05, 0.1) is 13.2 Å². The number of benzene rings is 1. The largest absolute Gasteiger partial charge is 0.381 e. The smallest absolute Gasteiger partial charge is 0.193 e. The Labute approximate surface area is 132 Å². The lowest BCUT2D eigenvalue weighted by Crippen LogP contribution is -2.23. The molecule has 0 aliphatic carbocycles. The minimum atomic E-state index is 0.456. The van der Waals surface area contributed by atoms with E-state index in [1.807, 2.05) is 12.1 Å². The Balaban J connectivity index is 1.60. The van der Waals surface area contributed by atoms with Crippen molar-refractivity contribution in [1.29, 1.82) is 0 Å². The quantitative estimate of drug-likeness (QED) is 0.440. The van der Waals surface area contributed by atoms with Gasteiger partial charge in [-0.2, -0.15) is 0 Å². The van der Waals surface area contributed by atoms with Crippen LogP contribution in [0.25, 0.3) is 0 Å². The molecule has 1 atom stereocenters. The molecule has 22 heavy (non-hydrogen) atoms. The molecule has 5 nitrogen and oxygen atoms in total. The van der Waals surface area contributed by atoms with Crippen LogP contribution in [-0.4, -0.2) is 38.9 Å². The zero-order valence-corrected chi connectivity index (χ0v) is 13.4. The zero-order chi connectivity index (χ0) is 15.6. The summed E-state index contributed by atoms with van der Waals surface area (Å²) in [5.41, 5.74) is 8.16. The van der Waals surface area contributed by atoms with Crippen LogP contribution in [0.3, 0.4) is 0 Å². The van der Waals surface area contributed by atoms with Crippen LogP contribution >= 0.6 is 0 Å². The molecule has 0 saturated carbocycles. The van der Waals surface area contributed by atoms with E-state index in [2.05, 4.69) is 29.4 Å². The highest BCUT2D eigenvalue weighted by molar-refractivity contribution is 5.92. The molecule has 2 rings (SSSR count). The van der Waals surface area contributed by atoms with Gasteiger partial charge in [-0.1, -0.05) is 19.1 Å². The molecule has 0 aromatic heterocycles. The summed E-state index contributed by atoms with van der Waals surface area (Å²) in [6, 6.07) is 8.21. The van der Waals surface area contributed by atoms with Gasteiger partial charge in [0.1, 0.15) is 0 Å². The monoisotopic (exact) mass is 305 g/mol. The van der Waals surface area contributed by atoms with Gasteiger partial charge < -0.3 is 20.5 Å². The topological polar surface area (TPSA) is 68.9 Å². The number of nitrogens with two attached hydrogens (primary N) is 1. The number of aliphatic imine (C=N–C) groups is 1. The van der Waals surface area contributed by atoms with E-state index in [9.17, 15) is 0 Å². The third-order valence-corrected chi connectivity index (χ3v) is 3.71. The Morgan fingerprint density at radius 2 is 2.41 bits per heavy atom. The summed E-state index contributed by atoms with van der Waals surface area (Å²) in [7, 11) is 0. The summed E-state index contributed by atoms with van der Waals surface area (Å²) >= 11 is 0. The molecule has 1 aliphatic rings. The Kier molecular flexibility index (Phi) is 7.19. The fourth-order valence-corrected chi connectivity index (χ4v) is 2.39. The first kappa shape index (κ1) is 16.8. The normalized spacial score (nSPS) is 18.6. The average Bonchev–Trinajstić information content (AvgIpc) is 3.04. The van der Waals surface area contributed by atoms with Crippen LogP contribution in [0.15, 0.2) is 29.3 Å². The van der Waals surface area contributed by atoms with Gasteiger partial charge in [0.25, 0.3) is 0 Å². The lowest BCUT2D eigenvalue weighted by molar-refractivity contribution is 0.0893. The molecule has 0 bridgehead atoms. The minimum Gasteiger partial charge on any atom is -0.381 e. The van der Waals surface area contributed by atoms with Gasteiger partial charge in [-0.15, -0.1) is 0 Å². The predicted octanol–water partition coefficient (Wildman–Crippen LogP) is 2.42. The standard InChI is InChI=1S/C17H27N3O2/c1-2-14-5-3-6-16(11-14)20-17(18)19-8-4-9-21-12-15-7-10-22-13-15/h3,5-6,11,15H,2,4,7-10,12-13H2,1H3,(H3,18,19,20). The van der Waals surface area contributed by atoms with Crippen LogP contribution < -0.4 is 11.1 Å². The van der Waals surface area contributed by atoms with Crippen molar-refractivity contribution < 1.29 is 9.47 Å². The molecule has 0 radical (unpaired) electrons. The fraction of sp³-hybridized carbons (Fsp3) is 0.588. The lowest BCUT2D eigenvalue weighted by atomic mass is 10.1. The molecular formula is C17H27N3O2. The molecule has 0 spiro atoms. The summed E-state index contributed by atoms with van der Waals surface area (Å²) in [4.78, 5) is 4.32. The van der Waals surface area contributed by atoms with E-state index in [4.69, 9.17) is 15.2 Å². The Morgan fingerprint density at radius 1 is 1.50 bits per heavy atom. The molecule has 1 aromatic carbocycles. The van der Waals surface area contributed by atoms with Crippen molar-refractivity contribution in [3.63, 3.8) is 0 Å². The number of nitrogens with zero attached hydrogens (tertiary/aromatic N) is 1. The number of anilines is 1. The molecule has 1 aromatic rings. The molecule has 122 valence electrons. The van der Waals surface area contributed by atoms with E-state index >= 15 is 0 Å². The minimum absolute atomic E-state index is 0.456. The number of hydrogen-bond donors (Lipinski definition) is 2. The summed E-state index contributed by atoms with van der Waals surface area (Å²) in [5, 5.41) is 3.12. The van der Waals surface area contributed by atoms with Gasteiger partial charge in [0.2, 0.25) is 0 Å². The molecular weight excluding hydrogens is 278 g/mol. The molecule has 5 heteroatoms. The highest BCUT2D eigenvalue weighted by Gasteiger charge is 2.14. The first-order chi connectivity index (χ1) is 10.8.